The summed E-state index contributed by atoms with van der Waals surface area (Å²) in [7, 11) is -3.72. The standard InChI is InChI=1S/C21H25ClN4O4S/c1-15(2)23-21(28)24-17-9-7-16(8-10-17)20(27)25-11-13-26(14-12-25)31(29,30)19-6-4-3-5-18(19)22/h3-10,15H,11-14H2,1-2H3,(H2,23,24,28). The molecule has 1 aliphatic heterocycles. The summed E-state index contributed by atoms with van der Waals surface area (Å²) in [5, 5.41) is 5.60. The van der Waals surface area contributed by atoms with Gasteiger partial charge in [0.15, 0.2) is 0 Å². The van der Waals surface area contributed by atoms with E-state index in [0.29, 0.717) is 11.3 Å². The van der Waals surface area contributed by atoms with Crippen molar-refractivity contribution in [3.63, 3.8) is 0 Å². The Balaban J connectivity index is 1.60. The van der Waals surface area contributed by atoms with Gasteiger partial charge in [-0.15, -0.1) is 0 Å². The Kier molecular flexibility index (Phi) is 7.19. The summed E-state index contributed by atoms with van der Waals surface area (Å²) in [6.07, 6.45) is 0. The molecule has 1 saturated heterocycles. The number of carbonyl (C=O) groups excluding carboxylic acids is 2. The van der Waals surface area contributed by atoms with Crippen LogP contribution in [-0.2, 0) is 10.0 Å². The van der Waals surface area contributed by atoms with Crippen molar-refractivity contribution in [2.75, 3.05) is 31.5 Å². The van der Waals surface area contributed by atoms with Crippen molar-refractivity contribution < 1.29 is 18.0 Å². The minimum atomic E-state index is -3.72. The van der Waals surface area contributed by atoms with Gasteiger partial charge in [-0.2, -0.15) is 4.31 Å². The molecule has 31 heavy (non-hydrogen) atoms. The van der Waals surface area contributed by atoms with Crippen LogP contribution in [0.25, 0.3) is 0 Å². The highest BCUT2D eigenvalue weighted by Gasteiger charge is 2.31. The zero-order valence-electron chi connectivity index (χ0n) is 17.3. The number of rotatable bonds is 5. The van der Waals surface area contributed by atoms with E-state index in [2.05, 4.69) is 10.6 Å². The number of anilines is 1. The Labute approximate surface area is 187 Å². The molecule has 1 aliphatic rings. The van der Waals surface area contributed by atoms with Gasteiger partial charge in [-0.3, -0.25) is 4.79 Å². The van der Waals surface area contributed by atoms with Crippen LogP contribution in [0, 0.1) is 0 Å². The van der Waals surface area contributed by atoms with E-state index in [0.717, 1.165) is 0 Å². The van der Waals surface area contributed by atoms with Crippen LogP contribution in [0.3, 0.4) is 0 Å². The normalized spacial score (nSPS) is 15.0. The van der Waals surface area contributed by atoms with Crippen molar-refractivity contribution >= 4 is 39.2 Å². The quantitative estimate of drug-likeness (QED) is 0.710. The number of hydrogen-bond acceptors (Lipinski definition) is 4. The van der Waals surface area contributed by atoms with Crippen molar-refractivity contribution in [3.8, 4) is 0 Å². The summed E-state index contributed by atoms with van der Waals surface area (Å²) in [5.74, 6) is -0.187. The van der Waals surface area contributed by atoms with Gasteiger partial charge < -0.3 is 15.5 Å². The second-order valence-electron chi connectivity index (χ2n) is 7.46. The maximum absolute atomic E-state index is 12.8. The van der Waals surface area contributed by atoms with E-state index in [1.165, 1.54) is 10.4 Å². The van der Waals surface area contributed by atoms with Crippen LogP contribution in [0.15, 0.2) is 53.4 Å². The predicted molar refractivity (Wildman–Crippen MR) is 120 cm³/mol. The molecule has 10 heteroatoms. The molecule has 0 radical (unpaired) electrons. The number of nitrogens with one attached hydrogen (secondary N) is 2. The van der Waals surface area contributed by atoms with Gasteiger partial charge >= 0.3 is 6.03 Å². The van der Waals surface area contributed by atoms with Crippen molar-refractivity contribution in [1.29, 1.82) is 0 Å². The van der Waals surface area contributed by atoms with Gasteiger partial charge in [-0.25, -0.2) is 13.2 Å². The largest absolute Gasteiger partial charge is 0.336 e. The van der Waals surface area contributed by atoms with Gasteiger partial charge in [0.25, 0.3) is 5.91 Å². The maximum Gasteiger partial charge on any atom is 0.319 e. The summed E-state index contributed by atoms with van der Waals surface area (Å²) in [6, 6.07) is 12.6. The minimum absolute atomic E-state index is 0.0150. The molecule has 0 saturated carbocycles. The van der Waals surface area contributed by atoms with Crippen LogP contribution < -0.4 is 10.6 Å². The Morgan fingerprint density at radius 2 is 1.58 bits per heavy atom. The average molecular weight is 465 g/mol. The molecule has 0 aromatic heterocycles. The monoisotopic (exact) mass is 464 g/mol. The summed E-state index contributed by atoms with van der Waals surface area (Å²) in [5.41, 5.74) is 1.04. The zero-order chi connectivity index (χ0) is 22.6. The van der Waals surface area contributed by atoms with E-state index in [1.807, 2.05) is 13.8 Å². The number of hydrogen-bond donors (Lipinski definition) is 2. The lowest BCUT2D eigenvalue weighted by Gasteiger charge is -2.34. The molecule has 1 fully saturated rings. The number of sulfonamides is 1. The van der Waals surface area contributed by atoms with E-state index in [4.69, 9.17) is 11.6 Å². The van der Waals surface area contributed by atoms with Gasteiger partial charge in [0.1, 0.15) is 4.90 Å². The smallest absolute Gasteiger partial charge is 0.319 e. The number of halogens is 1. The lowest BCUT2D eigenvalue weighted by molar-refractivity contribution is 0.0698. The number of carbonyl (C=O) groups is 2. The third-order valence-corrected chi connectivity index (χ3v) is 7.19. The minimum Gasteiger partial charge on any atom is -0.336 e. The summed E-state index contributed by atoms with van der Waals surface area (Å²) in [6.45, 7) is 4.66. The third-order valence-electron chi connectivity index (χ3n) is 4.79. The van der Waals surface area contributed by atoms with E-state index >= 15 is 0 Å². The van der Waals surface area contributed by atoms with E-state index < -0.39 is 10.0 Å². The predicted octanol–water partition coefficient (Wildman–Crippen LogP) is 3.02. The van der Waals surface area contributed by atoms with Gasteiger partial charge in [0.05, 0.1) is 5.02 Å². The van der Waals surface area contributed by atoms with Crippen LogP contribution >= 0.6 is 11.6 Å². The fraction of sp³-hybridized carbons (Fsp3) is 0.333. The molecule has 1 heterocycles. The molecular formula is C21H25ClN4O4S. The highest BCUT2D eigenvalue weighted by atomic mass is 35.5. The van der Waals surface area contributed by atoms with Crippen LogP contribution in [0.1, 0.15) is 24.2 Å². The summed E-state index contributed by atoms with van der Waals surface area (Å²) < 4.78 is 27.0. The van der Waals surface area contributed by atoms with Gasteiger partial charge in [-0.05, 0) is 50.2 Å². The molecule has 0 aliphatic carbocycles. The second kappa shape index (κ2) is 9.67. The average Bonchev–Trinajstić information content (AvgIpc) is 2.73. The third kappa shape index (κ3) is 5.55. The number of amides is 3. The van der Waals surface area contributed by atoms with E-state index in [-0.39, 0.29) is 54.1 Å². The van der Waals surface area contributed by atoms with Crippen LogP contribution in [-0.4, -0.2) is 61.8 Å². The molecule has 0 spiro atoms. The van der Waals surface area contributed by atoms with Crippen LogP contribution in [0.4, 0.5) is 10.5 Å². The Morgan fingerprint density at radius 1 is 0.968 bits per heavy atom. The number of urea groups is 1. The SMILES string of the molecule is CC(C)NC(=O)Nc1ccc(C(=O)N2CCN(S(=O)(=O)c3ccccc3Cl)CC2)cc1. The fourth-order valence-corrected chi connectivity index (χ4v) is 5.15. The topological polar surface area (TPSA) is 98.8 Å². The summed E-state index contributed by atoms with van der Waals surface area (Å²) >= 11 is 6.06. The zero-order valence-corrected chi connectivity index (χ0v) is 18.9. The molecule has 2 aromatic carbocycles. The number of nitrogens with zero attached hydrogens (tertiary/aromatic N) is 2. The molecule has 0 atom stereocenters. The van der Waals surface area contributed by atoms with Crippen LogP contribution in [0.2, 0.25) is 5.02 Å². The van der Waals surface area contributed by atoms with Gasteiger partial charge in [0.2, 0.25) is 10.0 Å². The molecule has 3 rings (SSSR count). The molecular weight excluding hydrogens is 440 g/mol. The van der Waals surface area contributed by atoms with Crippen LogP contribution in [0.5, 0.6) is 0 Å². The van der Waals surface area contributed by atoms with Gasteiger partial charge in [-0.1, -0.05) is 23.7 Å². The van der Waals surface area contributed by atoms with Crippen molar-refractivity contribution in [2.45, 2.75) is 24.8 Å². The number of piperazine rings is 1. The van der Waals surface area contributed by atoms with E-state index in [1.54, 1.807) is 47.4 Å². The molecule has 0 bridgehead atoms. The fourth-order valence-electron chi connectivity index (χ4n) is 3.23. The Morgan fingerprint density at radius 3 is 2.16 bits per heavy atom. The molecule has 166 valence electrons. The Hall–Kier alpha value is -2.62. The second-order valence-corrected chi connectivity index (χ2v) is 9.77. The molecule has 2 aromatic rings. The van der Waals surface area contributed by atoms with Gasteiger partial charge in [0, 0.05) is 43.5 Å². The first-order valence-electron chi connectivity index (χ1n) is 9.90. The molecule has 8 nitrogen and oxygen atoms in total. The Bertz CT molecular complexity index is 1050. The first kappa shape index (κ1) is 23.1. The molecule has 3 amide bonds. The molecule has 0 unspecified atom stereocenters. The van der Waals surface area contributed by atoms with Crippen molar-refractivity contribution in [2.24, 2.45) is 0 Å². The van der Waals surface area contributed by atoms with Crippen molar-refractivity contribution in [3.05, 3.63) is 59.1 Å². The lowest BCUT2D eigenvalue weighted by Crippen LogP contribution is -2.50. The lowest BCUT2D eigenvalue weighted by atomic mass is 10.1. The first-order chi connectivity index (χ1) is 14.7. The van der Waals surface area contributed by atoms with E-state index in [9.17, 15) is 18.0 Å². The number of benzene rings is 2. The summed E-state index contributed by atoms with van der Waals surface area (Å²) in [4.78, 5) is 26.2. The molecule has 2 N–H and O–H groups in total. The maximum atomic E-state index is 12.8. The first-order valence-corrected chi connectivity index (χ1v) is 11.7. The van der Waals surface area contributed by atoms with Crippen molar-refractivity contribution in [1.82, 2.24) is 14.5 Å². The highest BCUT2D eigenvalue weighted by Crippen LogP contribution is 2.25. The highest BCUT2D eigenvalue weighted by molar-refractivity contribution is 7.89.